The summed E-state index contributed by atoms with van der Waals surface area (Å²) in [4.78, 5) is 7.92. The molecule has 1 aromatic heterocycles. The smallest absolute Gasteiger partial charge is 0.191 e. The number of aliphatic imine (C=N–C) groups is 1. The molecule has 0 bridgehead atoms. The Bertz CT molecular complexity index is 754. The monoisotopic (exact) mass is 546 g/mol. The van der Waals surface area contributed by atoms with E-state index in [1.807, 2.05) is 6.92 Å². The molecular weight excluding hydrogens is 511 g/mol. The fourth-order valence-electron chi connectivity index (χ4n) is 2.91. The van der Waals surface area contributed by atoms with Gasteiger partial charge in [-0.1, -0.05) is 18.2 Å². The highest BCUT2D eigenvalue weighted by Gasteiger charge is 2.15. The van der Waals surface area contributed by atoms with E-state index in [0.29, 0.717) is 32.4 Å². The fraction of sp³-hybridized carbons (Fsp3) is 0.500. The number of benzene rings is 1. The standard InChI is InChI=1S/C22H34N4O2S.HI/c1-6-27-11-12-28-20-14-17(2)9-10-18(20)15-24-22(23-3)25-16-19(26(4)5)21-8-7-13-29-21;/h7-10,13-14,19H,6,11-12,15-16H2,1-5H3,(H2,23,24,25);1H. The van der Waals surface area contributed by atoms with Crippen molar-refractivity contribution >= 4 is 41.3 Å². The van der Waals surface area contributed by atoms with E-state index < -0.39 is 0 Å². The summed E-state index contributed by atoms with van der Waals surface area (Å²) in [5.74, 6) is 1.66. The normalized spacial score (nSPS) is 12.4. The first-order valence-corrected chi connectivity index (χ1v) is 10.9. The molecule has 1 aromatic carbocycles. The molecule has 0 amide bonds. The van der Waals surface area contributed by atoms with Crippen LogP contribution in [0.25, 0.3) is 0 Å². The topological polar surface area (TPSA) is 58.1 Å². The minimum atomic E-state index is 0. The zero-order valence-corrected chi connectivity index (χ0v) is 21.8. The number of nitrogens with zero attached hydrogens (tertiary/aromatic N) is 2. The number of halogens is 1. The molecular formula is C22H35IN4O2S. The quantitative estimate of drug-likeness (QED) is 0.193. The molecule has 2 N–H and O–H groups in total. The van der Waals surface area contributed by atoms with Crippen LogP contribution in [0.4, 0.5) is 0 Å². The number of aryl methyl sites for hydroxylation is 1. The van der Waals surface area contributed by atoms with Crippen LogP contribution in [0.3, 0.4) is 0 Å². The van der Waals surface area contributed by atoms with Gasteiger partial charge in [0.2, 0.25) is 0 Å². The Morgan fingerprint density at radius 2 is 2.00 bits per heavy atom. The number of rotatable bonds is 11. The molecule has 0 saturated carbocycles. The van der Waals surface area contributed by atoms with Gasteiger partial charge in [-0.2, -0.15) is 0 Å². The number of ether oxygens (including phenoxy) is 2. The van der Waals surface area contributed by atoms with Crippen molar-refractivity contribution in [3.8, 4) is 5.75 Å². The summed E-state index contributed by atoms with van der Waals surface area (Å²) in [6.07, 6.45) is 0. The van der Waals surface area contributed by atoms with E-state index >= 15 is 0 Å². The van der Waals surface area contributed by atoms with E-state index in [1.54, 1.807) is 18.4 Å². The van der Waals surface area contributed by atoms with Crippen molar-refractivity contribution in [3.05, 3.63) is 51.7 Å². The zero-order chi connectivity index (χ0) is 21.1. The summed E-state index contributed by atoms with van der Waals surface area (Å²) in [6.45, 7) is 7.30. The van der Waals surface area contributed by atoms with E-state index in [2.05, 4.69) is 77.3 Å². The lowest BCUT2D eigenvalue weighted by molar-refractivity contribution is 0.110. The Morgan fingerprint density at radius 1 is 1.20 bits per heavy atom. The number of likely N-dealkylation sites (N-methyl/N-ethyl adjacent to an activating group) is 1. The van der Waals surface area contributed by atoms with Crippen molar-refractivity contribution in [2.45, 2.75) is 26.4 Å². The van der Waals surface area contributed by atoms with E-state index in [9.17, 15) is 0 Å². The van der Waals surface area contributed by atoms with E-state index in [-0.39, 0.29) is 24.0 Å². The third-order valence-electron chi connectivity index (χ3n) is 4.54. The van der Waals surface area contributed by atoms with Crippen molar-refractivity contribution in [2.24, 2.45) is 4.99 Å². The first-order valence-electron chi connectivity index (χ1n) is 9.99. The molecule has 0 aliphatic heterocycles. The lowest BCUT2D eigenvalue weighted by atomic mass is 10.1. The second-order valence-electron chi connectivity index (χ2n) is 6.96. The second kappa shape index (κ2) is 14.6. The van der Waals surface area contributed by atoms with Gasteiger partial charge >= 0.3 is 0 Å². The Morgan fingerprint density at radius 3 is 2.63 bits per heavy atom. The highest BCUT2D eigenvalue weighted by atomic mass is 127. The van der Waals surface area contributed by atoms with Crippen LogP contribution in [0.1, 0.15) is 29.0 Å². The van der Waals surface area contributed by atoms with Crippen molar-refractivity contribution in [1.82, 2.24) is 15.5 Å². The molecule has 168 valence electrons. The number of hydrogen-bond acceptors (Lipinski definition) is 5. The maximum atomic E-state index is 5.93. The molecule has 1 unspecified atom stereocenters. The SMILES string of the molecule is CCOCCOc1cc(C)ccc1CNC(=NC)NCC(c1cccs1)N(C)C.I. The number of thiophene rings is 1. The highest BCUT2D eigenvalue weighted by molar-refractivity contribution is 14.0. The van der Waals surface area contributed by atoms with Crippen LogP contribution in [0, 0.1) is 6.92 Å². The minimum Gasteiger partial charge on any atom is -0.491 e. The van der Waals surface area contributed by atoms with Crippen LogP contribution in [-0.2, 0) is 11.3 Å². The van der Waals surface area contributed by atoms with E-state index in [1.165, 1.54) is 10.4 Å². The number of nitrogens with one attached hydrogen (secondary N) is 2. The van der Waals surface area contributed by atoms with Gasteiger partial charge in [0, 0.05) is 37.2 Å². The Hall–Kier alpha value is -1.36. The van der Waals surface area contributed by atoms with Gasteiger partial charge in [0.1, 0.15) is 12.4 Å². The maximum Gasteiger partial charge on any atom is 0.191 e. The van der Waals surface area contributed by atoms with Crippen LogP contribution < -0.4 is 15.4 Å². The van der Waals surface area contributed by atoms with Gasteiger partial charge < -0.3 is 25.0 Å². The third kappa shape index (κ3) is 8.79. The van der Waals surface area contributed by atoms with E-state index in [0.717, 1.165) is 23.8 Å². The predicted molar refractivity (Wildman–Crippen MR) is 138 cm³/mol. The summed E-state index contributed by atoms with van der Waals surface area (Å²) in [5, 5.41) is 8.96. The van der Waals surface area contributed by atoms with Gasteiger partial charge in [0.05, 0.1) is 12.6 Å². The summed E-state index contributed by atoms with van der Waals surface area (Å²) in [6, 6.07) is 10.8. The summed E-state index contributed by atoms with van der Waals surface area (Å²) in [5.41, 5.74) is 2.27. The van der Waals surface area contributed by atoms with Crippen LogP contribution in [0.2, 0.25) is 0 Å². The lowest BCUT2D eigenvalue weighted by Crippen LogP contribution is -2.41. The second-order valence-corrected chi connectivity index (χ2v) is 7.94. The van der Waals surface area contributed by atoms with Crippen molar-refractivity contribution in [2.75, 3.05) is 47.5 Å². The summed E-state index contributed by atoms with van der Waals surface area (Å²) < 4.78 is 11.3. The summed E-state index contributed by atoms with van der Waals surface area (Å²) in [7, 11) is 5.99. The fourth-order valence-corrected chi connectivity index (χ4v) is 3.83. The van der Waals surface area contributed by atoms with Crippen LogP contribution in [0.15, 0.2) is 40.7 Å². The highest BCUT2D eigenvalue weighted by Crippen LogP contribution is 2.22. The molecule has 0 radical (unpaired) electrons. The lowest BCUT2D eigenvalue weighted by Gasteiger charge is -2.24. The molecule has 0 aliphatic rings. The zero-order valence-electron chi connectivity index (χ0n) is 18.6. The molecule has 0 spiro atoms. The molecule has 8 heteroatoms. The minimum absolute atomic E-state index is 0. The number of guanidine groups is 1. The van der Waals surface area contributed by atoms with Crippen LogP contribution in [0.5, 0.6) is 5.75 Å². The Kier molecular flexibility index (Phi) is 13.0. The molecule has 0 fully saturated rings. The molecule has 6 nitrogen and oxygen atoms in total. The summed E-state index contributed by atoms with van der Waals surface area (Å²) >= 11 is 1.77. The molecule has 1 heterocycles. The Labute approximate surface area is 202 Å². The van der Waals surface area contributed by atoms with Gasteiger partial charge in [-0.3, -0.25) is 4.99 Å². The van der Waals surface area contributed by atoms with Gasteiger partial charge in [0.25, 0.3) is 0 Å². The Balaban J connectivity index is 0.00000450. The van der Waals surface area contributed by atoms with Crippen LogP contribution >= 0.6 is 35.3 Å². The largest absolute Gasteiger partial charge is 0.491 e. The van der Waals surface area contributed by atoms with Gasteiger partial charge in [-0.15, -0.1) is 35.3 Å². The van der Waals surface area contributed by atoms with Crippen molar-refractivity contribution < 1.29 is 9.47 Å². The predicted octanol–water partition coefficient (Wildman–Crippen LogP) is 4.06. The van der Waals surface area contributed by atoms with Crippen molar-refractivity contribution in [3.63, 3.8) is 0 Å². The molecule has 2 rings (SSSR count). The first-order chi connectivity index (χ1) is 14.0. The third-order valence-corrected chi connectivity index (χ3v) is 5.51. The van der Waals surface area contributed by atoms with Crippen LogP contribution in [-0.4, -0.2) is 58.4 Å². The number of hydrogen-bond donors (Lipinski definition) is 2. The first kappa shape index (κ1) is 26.7. The molecule has 1 atom stereocenters. The molecule has 0 saturated heterocycles. The average molecular weight is 547 g/mol. The van der Waals surface area contributed by atoms with Crippen molar-refractivity contribution in [1.29, 1.82) is 0 Å². The average Bonchev–Trinajstić information content (AvgIpc) is 3.23. The molecule has 0 aliphatic carbocycles. The molecule has 30 heavy (non-hydrogen) atoms. The van der Waals surface area contributed by atoms with Gasteiger partial charge in [-0.25, -0.2) is 0 Å². The van der Waals surface area contributed by atoms with E-state index in [4.69, 9.17) is 9.47 Å². The maximum absolute atomic E-state index is 5.93. The molecule has 2 aromatic rings. The van der Waals surface area contributed by atoms with Gasteiger partial charge in [0.15, 0.2) is 5.96 Å². The van der Waals surface area contributed by atoms with Gasteiger partial charge in [-0.05, 0) is 51.0 Å².